The second-order valence-corrected chi connectivity index (χ2v) is 4.95. The maximum absolute atomic E-state index is 11.1. The lowest BCUT2D eigenvalue weighted by Crippen LogP contribution is -2.01. The molecule has 17 heavy (non-hydrogen) atoms. The van der Waals surface area contributed by atoms with Gasteiger partial charge in [0.25, 0.3) is 0 Å². The number of thioether (sulfide) groups is 1. The van der Waals surface area contributed by atoms with E-state index in [1.54, 1.807) is 0 Å². The highest BCUT2D eigenvalue weighted by Crippen LogP contribution is 2.14. The van der Waals surface area contributed by atoms with Gasteiger partial charge in [-0.05, 0) is 43.0 Å². The summed E-state index contributed by atoms with van der Waals surface area (Å²) in [6.45, 7) is 0.973. The van der Waals surface area contributed by atoms with Crippen LogP contribution in [-0.4, -0.2) is 28.5 Å². The molecule has 2 rings (SSSR count). The molecule has 92 valence electrons. The molecule has 1 aromatic carbocycles. The van der Waals surface area contributed by atoms with Gasteiger partial charge in [0.2, 0.25) is 0 Å². The highest BCUT2D eigenvalue weighted by atomic mass is 32.2. The number of H-pyrrole nitrogens is 2. The molecule has 0 aliphatic carbocycles. The van der Waals surface area contributed by atoms with Crippen LogP contribution in [0.4, 0.5) is 5.69 Å². The van der Waals surface area contributed by atoms with Crippen LogP contribution in [0.2, 0.25) is 0 Å². The van der Waals surface area contributed by atoms with Crippen molar-refractivity contribution in [3.8, 4) is 0 Å². The van der Waals surface area contributed by atoms with Crippen LogP contribution in [0.25, 0.3) is 11.0 Å². The largest absolute Gasteiger partial charge is 0.385 e. The van der Waals surface area contributed by atoms with Gasteiger partial charge in [-0.25, -0.2) is 4.79 Å². The number of benzene rings is 1. The zero-order valence-corrected chi connectivity index (χ0v) is 10.7. The molecular weight excluding hydrogens is 234 g/mol. The minimum atomic E-state index is -0.155. The molecule has 0 fully saturated rings. The van der Waals surface area contributed by atoms with Crippen molar-refractivity contribution in [3.05, 3.63) is 28.7 Å². The summed E-state index contributed by atoms with van der Waals surface area (Å²) in [5.41, 5.74) is 2.60. The van der Waals surface area contributed by atoms with E-state index in [1.807, 2.05) is 30.0 Å². The second kappa shape index (κ2) is 5.82. The molecule has 0 aliphatic heterocycles. The second-order valence-electron chi connectivity index (χ2n) is 3.97. The number of hydrogen-bond donors (Lipinski definition) is 3. The van der Waals surface area contributed by atoms with E-state index in [-0.39, 0.29) is 5.69 Å². The van der Waals surface area contributed by atoms with Crippen molar-refractivity contribution in [2.24, 2.45) is 0 Å². The summed E-state index contributed by atoms with van der Waals surface area (Å²) in [6, 6.07) is 5.86. The summed E-state index contributed by atoms with van der Waals surface area (Å²) >= 11 is 1.88. The van der Waals surface area contributed by atoms with E-state index in [9.17, 15) is 4.79 Å². The molecule has 5 heteroatoms. The first-order valence-corrected chi connectivity index (χ1v) is 7.14. The molecule has 1 heterocycles. The van der Waals surface area contributed by atoms with Crippen molar-refractivity contribution in [3.63, 3.8) is 0 Å². The van der Waals surface area contributed by atoms with Crippen LogP contribution in [-0.2, 0) is 0 Å². The van der Waals surface area contributed by atoms with Gasteiger partial charge in [0.15, 0.2) is 0 Å². The van der Waals surface area contributed by atoms with Crippen molar-refractivity contribution in [2.45, 2.75) is 12.8 Å². The normalized spacial score (nSPS) is 10.9. The average Bonchev–Trinajstić information content (AvgIpc) is 2.68. The summed E-state index contributed by atoms with van der Waals surface area (Å²) in [7, 11) is 0. The fourth-order valence-electron chi connectivity index (χ4n) is 1.75. The summed E-state index contributed by atoms with van der Waals surface area (Å²) in [5, 5.41) is 3.36. The molecule has 0 atom stereocenters. The Balaban J connectivity index is 1.92. The average molecular weight is 251 g/mol. The Morgan fingerprint density at radius 1 is 1.24 bits per heavy atom. The SMILES string of the molecule is CSCCCCNc1ccc2[nH]c(=O)[nH]c2c1. The van der Waals surface area contributed by atoms with Crippen LogP contribution in [0.3, 0.4) is 0 Å². The molecule has 3 N–H and O–H groups in total. The van der Waals surface area contributed by atoms with E-state index in [1.165, 1.54) is 18.6 Å². The number of unbranched alkanes of at least 4 members (excludes halogenated alkanes) is 1. The number of hydrogen-bond acceptors (Lipinski definition) is 3. The van der Waals surface area contributed by atoms with Gasteiger partial charge < -0.3 is 15.3 Å². The number of fused-ring (bicyclic) bond motifs is 1. The fraction of sp³-hybridized carbons (Fsp3) is 0.417. The Bertz CT molecular complexity index is 532. The van der Waals surface area contributed by atoms with E-state index in [2.05, 4.69) is 21.5 Å². The van der Waals surface area contributed by atoms with Gasteiger partial charge in [0.05, 0.1) is 11.0 Å². The van der Waals surface area contributed by atoms with Gasteiger partial charge >= 0.3 is 5.69 Å². The van der Waals surface area contributed by atoms with E-state index in [0.29, 0.717) is 0 Å². The lowest BCUT2D eigenvalue weighted by atomic mass is 10.2. The zero-order valence-electron chi connectivity index (χ0n) is 9.88. The van der Waals surface area contributed by atoms with Crippen LogP contribution < -0.4 is 11.0 Å². The molecule has 2 aromatic rings. The van der Waals surface area contributed by atoms with E-state index >= 15 is 0 Å². The molecule has 0 saturated heterocycles. The third-order valence-corrected chi connectivity index (χ3v) is 3.32. The first kappa shape index (κ1) is 12.1. The molecule has 0 amide bonds. The molecule has 0 unspecified atom stereocenters. The molecule has 0 saturated carbocycles. The number of imidazole rings is 1. The zero-order chi connectivity index (χ0) is 12.1. The molecule has 0 spiro atoms. The third kappa shape index (κ3) is 3.30. The number of anilines is 1. The smallest absolute Gasteiger partial charge is 0.323 e. The van der Waals surface area contributed by atoms with Gasteiger partial charge in [-0.3, -0.25) is 0 Å². The first-order valence-electron chi connectivity index (χ1n) is 5.74. The minimum absolute atomic E-state index is 0.155. The van der Waals surface area contributed by atoms with Crippen LogP contribution in [0.1, 0.15) is 12.8 Å². The monoisotopic (exact) mass is 251 g/mol. The lowest BCUT2D eigenvalue weighted by molar-refractivity contribution is 0.843. The van der Waals surface area contributed by atoms with E-state index < -0.39 is 0 Å². The van der Waals surface area contributed by atoms with Gasteiger partial charge in [-0.1, -0.05) is 0 Å². The summed E-state index contributed by atoms with van der Waals surface area (Å²) in [4.78, 5) is 16.6. The quantitative estimate of drug-likeness (QED) is 0.691. The van der Waals surface area contributed by atoms with E-state index in [0.717, 1.165) is 23.3 Å². The summed E-state index contributed by atoms with van der Waals surface area (Å²) < 4.78 is 0. The molecular formula is C12H17N3OS. The summed E-state index contributed by atoms with van der Waals surface area (Å²) in [6.07, 6.45) is 4.53. The van der Waals surface area contributed by atoms with Crippen LogP contribution in [0.5, 0.6) is 0 Å². The van der Waals surface area contributed by atoms with Gasteiger partial charge in [0.1, 0.15) is 0 Å². The fourth-order valence-corrected chi connectivity index (χ4v) is 2.24. The molecule has 4 nitrogen and oxygen atoms in total. The first-order chi connectivity index (χ1) is 8.29. The highest BCUT2D eigenvalue weighted by Gasteiger charge is 1.99. The topological polar surface area (TPSA) is 60.7 Å². The minimum Gasteiger partial charge on any atom is -0.385 e. The molecule has 0 aliphatic rings. The lowest BCUT2D eigenvalue weighted by Gasteiger charge is -2.05. The van der Waals surface area contributed by atoms with Crippen molar-refractivity contribution in [1.82, 2.24) is 9.97 Å². The standard InChI is InChI=1S/C12H17N3OS/c1-17-7-3-2-6-13-9-4-5-10-11(8-9)15-12(16)14-10/h4-5,8,13H,2-3,6-7H2,1H3,(H2,14,15,16). The summed E-state index contributed by atoms with van der Waals surface area (Å²) in [5.74, 6) is 1.21. The Hall–Kier alpha value is -1.36. The Labute approximate surface area is 104 Å². The number of rotatable bonds is 6. The van der Waals surface area contributed by atoms with E-state index in [4.69, 9.17) is 0 Å². The predicted molar refractivity (Wildman–Crippen MR) is 75.0 cm³/mol. The number of nitrogens with one attached hydrogen (secondary N) is 3. The maximum atomic E-state index is 11.1. The molecule has 0 radical (unpaired) electrons. The highest BCUT2D eigenvalue weighted by molar-refractivity contribution is 7.98. The predicted octanol–water partition coefficient (Wildman–Crippen LogP) is 2.41. The van der Waals surface area contributed by atoms with Crippen molar-refractivity contribution in [1.29, 1.82) is 0 Å². The van der Waals surface area contributed by atoms with Crippen molar-refractivity contribution < 1.29 is 0 Å². The van der Waals surface area contributed by atoms with Crippen LogP contribution >= 0.6 is 11.8 Å². The Morgan fingerprint density at radius 3 is 2.88 bits per heavy atom. The number of aromatic nitrogens is 2. The van der Waals surface area contributed by atoms with Crippen molar-refractivity contribution in [2.75, 3.05) is 23.9 Å². The van der Waals surface area contributed by atoms with Gasteiger partial charge in [-0.15, -0.1) is 0 Å². The van der Waals surface area contributed by atoms with Crippen molar-refractivity contribution >= 4 is 28.5 Å². The molecule has 0 bridgehead atoms. The van der Waals surface area contributed by atoms with Gasteiger partial charge in [-0.2, -0.15) is 11.8 Å². The van der Waals surface area contributed by atoms with Gasteiger partial charge in [0, 0.05) is 12.2 Å². The van der Waals surface area contributed by atoms with Crippen LogP contribution in [0.15, 0.2) is 23.0 Å². The third-order valence-electron chi connectivity index (χ3n) is 2.62. The molecule has 1 aromatic heterocycles. The maximum Gasteiger partial charge on any atom is 0.323 e. The van der Waals surface area contributed by atoms with Crippen LogP contribution in [0, 0.1) is 0 Å². The Morgan fingerprint density at radius 2 is 2.06 bits per heavy atom. The Kier molecular flexibility index (Phi) is 4.14. The number of aromatic amines is 2.